The maximum atomic E-state index is 12.2. The van der Waals surface area contributed by atoms with Gasteiger partial charge >= 0.3 is 0 Å². The molecular weight excluding hydrogens is 276 g/mol. The van der Waals surface area contributed by atoms with Crippen LogP contribution in [0.3, 0.4) is 0 Å². The fourth-order valence-electron chi connectivity index (χ4n) is 2.21. The Morgan fingerprint density at radius 1 is 1.00 bits per heavy atom. The molecule has 110 valence electrons. The summed E-state index contributed by atoms with van der Waals surface area (Å²) in [5.41, 5.74) is 2.50. The topological polar surface area (TPSA) is 54.3 Å². The van der Waals surface area contributed by atoms with Crippen LogP contribution in [-0.2, 0) is 6.54 Å². The van der Waals surface area contributed by atoms with E-state index in [4.69, 9.17) is 0 Å². The van der Waals surface area contributed by atoms with E-state index in [1.165, 1.54) is 0 Å². The summed E-state index contributed by atoms with van der Waals surface area (Å²) in [5.74, 6) is 0.0941. The monoisotopic (exact) mass is 292 g/mol. The molecule has 0 fully saturated rings. The molecule has 4 nitrogen and oxygen atoms in total. The van der Waals surface area contributed by atoms with Gasteiger partial charge in [0.25, 0.3) is 5.91 Å². The molecular formula is C18H16N2O2. The van der Waals surface area contributed by atoms with Gasteiger partial charge in [0.15, 0.2) is 0 Å². The lowest BCUT2D eigenvalue weighted by Gasteiger charge is -2.08. The van der Waals surface area contributed by atoms with Crippen molar-refractivity contribution >= 4 is 5.91 Å². The number of aromatic nitrogens is 1. The molecule has 0 unspecified atom stereocenters. The van der Waals surface area contributed by atoms with E-state index in [1.54, 1.807) is 30.3 Å². The maximum Gasteiger partial charge on any atom is 0.251 e. The van der Waals surface area contributed by atoms with Gasteiger partial charge in [0, 0.05) is 30.2 Å². The summed E-state index contributed by atoms with van der Waals surface area (Å²) < 4.78 is 1.96. The lowest BCUT2D eigenvalue weighted by molar-refractivity contribution is 0.0951. The molecule has 4 heteroatoms. The molecule has 3 rings (SSSR count). The van der Waals surface area contributed by atoms with Crippen molar-refractivity contribution in [3.63, 3.8) is 0 Å². The first-order chi connectivity index (χ1) is 10.7. The third-order valence-corrected chi connectivity index (χ3v) is 3.40. The lowest BCUT2D eigenvalue weighted by Crippen LogP contribution is -2.22. The van der Waals surface area contributed by atoms with Crippen LogP contribution < -0.4 is 5.32 Å². The highest BCUT2D eigenvalue weighted by Gasteiger charge is 2.06. The molecule has 22 heavy (non-hydrogen) atoms. The number of hydrogen-bond acceptors (Lipinski definition) is 2. The quantitative estimate of drug-likeness (QED) is 0.776. The van der Waals surface area contributed by atoms with Crippen molar-refractivity contribution in [2.75, 3.05) is 0 Å². The minimum atomic E-state index is -0.123. The van der Waals surface area contributed by atoms with Gasteiger partial charge in [-0.2, -0.15) is 0 Å². The Morgan fingerprint density at radius 2 is 1.73 bits per heavy atom. The van der Waals surface area contributed by atoms with E-state index in [0.29, 0.717) is 12.1 Å². The highest BCUT2D eigenvalue weighted by molar-refractivity contribution is 5.94. The number of hydrogen-bond donors (Lipinski definition) is 2. The third-order valence-electron chi connectivity index (χ3n) is 3.40. The molecule has 0 aliphatic heterocycles. The number of carbonyl (C=O) groups is 1. The van der Waals surface area contributed by atoms with E-state index in [-0.39, 0.29) is 11.7 Å². The maximum absolute atomic E-state index is 12.2. The van der Waals surface area contributed by atoms with Crippen LogP contribution in [0.5, 0.6) is 5.75 Å². The van der Waals surface area contributed by atoms with Crippen molar-refractivity contribution in [3.8, 4) is 11.4 Å². The molecule has 0 aliphatic rings. The highest BCUT2D eigenvalue weighted by atomic mass is 16.3. The number of phenols is 1. The average Bonchev–Trinajstić information content (AvgIpc) is 3.09. The van der Waals surface area contributed by atoms with Crippen molar-refractivity contribution < 1.29 is 9.90 Å². The van der Waals surface area contributed by atoms with E-state index >= 15 is 0 Å². The Balaban J connectivity index is 1.70. The Labute approximate surface area is 128 Å². The molecule has 0 saturated carbocycles. The summed E-state index contributed by atoms with van der Waals surface area (Å²) in [6.07, 6.45) is 3.88. The van der Waals surface area contributed by atoms with Crippen molar-refractivity contribution in [1.29, 1.82) is 0 Å². The predicted octanol–water partition coefficient (Wildman–Crippen LogP) is 3.11. The number of phenolic OH excluding ortho intramolecular Hbond substituents is 1. The van der Waals surface area contributed by atoms with Crippen LogP contribution >= 0.6 is 0 Å². The van der Waals surface area contributed by atoms with Crippen LogP contribution in [0.15, 0.2) is 73.1 Å². The molecule has 3 aromatic rings. The SMILES string of the molecule is O=C(NCc1ccc(O)cc1)c1cccc(-n2cccc2)c1. The highest BCUT2D eigenvalue weighted by Crippen LogP contribution is 2.12. The second kappa shape index (κ2) is 6.18. The van der Waals surface area contributed by atoms with E-state index in [2.05, 4.69) is 5.32 Å². The largest absolute Gasteiger partial charge is 0.508 e. The molecule has 2 aromatic carbocycles. The molecule has 0 atom stereocenters. The van der Waals surface area contributed by atoms with Gasteiger partial charge in [-0.3, -0.25) is 4.79 Å². The summed E-state index contributed by atoms with van der Waals surface area (Å²) >= 11 is 0. The van der Waals surface area contributed by atoms with Crippen LogP contribution in [0.1, 0.15) is 15.9 Å². The zero-order valence-corrected chi connectivity index (χ0v) is 11.9. The standard InChI is InChI=1S/C18H16N2O2/c21-17-8-6-14(7-9-17)13-19-18(22)15-4-3-5-16(12-15)20-10-1-2-11-20/h1-12,21H,13H2,(H,19,22). The molecule has 1 heterocycles. The number of carbonyl (C=O) groups excluding carboxylic acids is 1. The van der Waals surface area contributed by atoms with Crippen molar-refractivity contribution in [1.82, 2.24) is 9.88 Å². The second-order valence-corrected chi connectivity index (χ2v) is 4.99. The van der Waals surface area contributed by atoms with Gasteiger partial charge in [0.1, 0.15) is 5.75 Å². The normalized spacial score (nSPS) is 10.4. The minimum absolute atomic E-state index is 0.123. The molecule has 0 aliphatic carbocycles. The van der Waals surface area contributed by atoms with Crippen LogP contribution in [0, 0.1) is 0 Å². The predicted molar refractivity (Wildman–Crippen MR) is 85.0 cm³/mol. The second-order valence-electron chi connectivity index (χ2n) is 4.99. The van der Waals surface area contributed by atoms with Gasteiger partial charge in [0.05, 0.1) is 0 Å². The van der Waals surface area contributed by atoms with Gasteiger partial charge in [-0.25, -0.2) is 0 Å². The zero-order valence-electron chi connectivity index (χ0n) is 11.9. The first kappa shape index (κ1) is 13.9. The summed E-state index contributed by atoms with van der Waals surface area (Å²) in [4.78, 5) is 12.2. The molecule has 0 spiro atoms. The van der Waals surface area contributed by atoms with Crippen LogP contribution in [-0.4, -0.2) is 15.6 Å². The number of rotatable bonds is 4. The number of amides is 1. The van der Waals surface area contributed by atoms with E-state index in [0.717, 1.165) is 11.3 Å². The van der Waals surface area contributed by atoms with E-state index < -0.39 is 0 Å². The molecule has 2 N–H and O–H groups in total. The van der Waals surface area contributed by atoms with Gasteiger partial charge in [-0.15, -0.1) is 0 Å². The fourth-order valence-corrected chi connectivity index (χ4v) is 2.21. The minimum Gasteiger partial charge on any atom is -0.508 e. The van der Waals surface area contributed by atoms with Gasteiger partial charge in [-0.05, 0) is 48.0 Å². The molecule has 1 amide bonds. The lowest BCUT2D eigenvalue weighted by atomic mass is 10.1. The van der Waals surface area contributed by atoms with Crippen molar-refractivity contribution in [2.45, 2.75) is 6.54 Å². The first-order valence-electron chi connectivity index (χ1n) is 7.02. The molecule has 0 saturated heterocycles. The number of nitrogens with zero attached hydrogens (tertiary/aromatic N) is 1. The van der Waals surface area contributed by atoms with E-state index in [1.807, 2.05) is 47.3 Å². The molecule has 0 bridgehead atoms. The summed E-state index contributed by atoms with van der Waals surface area (Å²) in [5, 5.41) is 12.1. The Hall–Kier alpha value is -3.01. The van der Waals surface area contributed by atoms with E-state index in [9.17, 15) is 9.90 Å². The Bertz CT molecular complexity index is 762. The van der Waals surface area contributed by atoms with Crippen LogP contribution in [0.4, 0.5) is 0 Å². The zero-order chi connectivity index (χ0) is 15.4. The third kappa shape index (κ3) is 3.17. The first-order valence-corrected chi connectivity index (χ1v) is 7.02. The Kier molecular flexibility index (Phi) is 3.92. The average molecular weight is 292 g/mol. The van der Waals surface area contributed by atoms with Gasteiger partial charge in [0.2, 0.25) is 0 Å². The number of benzene rings is 2. The molecule has 0 radical (unpaired) electrons. The summed E-state index contributed by atoms with van der Waals surface area (Å²) in [6.45, 7) is 0.423. The van der Waals surface area contributed by atoms with Gasteiger partial charge in [-0.1, -0.05) is 18.2 Å². The molecule has 1 aromatic heterocycles. The van der Waals surface area contributed by atoms with Crippen molar-refractivity contribution in [2.24, 2.45) is 0 Å². The smallest absolute Gasteiger partial charge is 0.251 e. The van der Waals surface area contributed by atoms with Crippen LogP contribution in [0.25, 0.3) is 5.69 Å². The number of aromatic hydroxyl groups is 1. The fraction of sp³-hybridized carbons (Fsp3) is 0.0556. The number of nitrogens with one attached hydrogen (secondary N) is 1. The Morgan fingerprint density at radius 3 is 2.45 bits per heavy atom. The van der Waals surface area contributed by atoms with Gasteiger partial charge < -0.3 is 15.0 Å². The summed E-state index contributed by atoms with van der Waals surface area (Å²) in [7, 11) is 0. The van der Waals surface area contributed by atoms with Crippen LogP contribution in [0.2, 0.25) is 0 Å². The van der Waals surface area contributed by atoms with Crippen molar-refractivity contribution in [3.05, 3.63) is 84.2 Å². The summed E-state index contributed by atoms with van der Waals surface area (Å²) in [6, 6.07) is 18.1.